The summed E-state index contributed by atoms with van der Waals surface area (Å²) in [7, 11) is 0. The lowest BCUT2D eigenvalue weighted by molar-refractivity contribution is 0.591. The number of benzene rings is 3. The van der Waals surface area contributed by atoms with Crippen molar-refractivity contribution in [1.29, 1.82) is 0 Å². The normalized spacial score (nSPS) is 11.2. The number of hydrogen-bond acceptors (Lipinski definition) is 1. The van der Waals surface area contributed by atoms with Crippen LogP contribution in [0.25, 0.3) is 28.2 Å². The highest BCUT2D eigenvalue weighted by Gasteiger charge is 2.21. The summed E-state index contributed by atoms with van der Waals surface area (Å²) < 4.78 is 32.4. The van der Waals surface area contributed by atoms with E-state index >= 15 is 4.39 Å². The minimum atomic E-state index is -0.595. The molecule has 164 valence electrons. The van der Waals surface area contributed by atoms with Gasteiger partial charge in [-0.2, -0.15) is 0 Å². The van der Waals surface area contributed by atoms with Gasteiger partial charge in [0.05, 0.1) is 16.8 Å². The molecule has 0 spiro atoms. The first-order chi connectivity index (χ1) is 15.5. The van der Waals surface area contributed by atoms with Gasteiger partial charge in [0.25, 0.3) is 0 Å². The van der Waals surface area contributed by atoms with Crippen molar-refractivity contribution in [1.82, 2.24) is 9.55 Å². The average Bonchev–Trinajstić information content (AvgIpc) is 3.24. The minimum Gasteiger partial charge on any atom is -0.299 e. The molecule has 0 saturated heterocycles. The van der Waals surface area contributed by atoms with Crippen molar-refractivity contribution in [2.24, 2.45) is 0 Å². The molecule has 32 heavy (non-hydrogen) atoms. The van der Waals surface area contributed by atoms with Crippen molar-refractivity contribution in [3.63, 3.8) is 0 Å². The van der Waals surface area contributed by atoms with E-state index in [1.165, 1.54) is 30.5 Å². The van der Waals surface area contributed by atoms with Gasteiger partial charge < -0.3 is 0 Å². The molecule has 2 nitrogen and oxygen atoms in total. The van der Waals surface area contributed by atoms with Crippen LogP contribution in [0.2, 0.25) is 0 Å². The molecule has 0 aliphatic heterocycles. The fourth-order valence-corrected chi connectivity index (χ4v) is 4.28. The van der Waals surface area contributed by atoms with Crippen molar-refractivity contribution in [3.8, 4) is 28.2 Å². The third kappa shape index (κ3) is 4.22. The first-order valence-electron chi connectivity index (χ1n) is 11.2. The molecule has 0 amide bonds. The summed E-state index contributed by atoms with van der Waals surface area (Å²) in [6.07, 6.45) is 7.91. The largest absolute Gasteiger partial charge is 0.299 e. The first kappa shape index (κ1) is 21.9. The molecule has 0 fully saturated rings. The Morgan fingerprint density at radius 1 is 0.875 bits per heavy atom. The Bertz CT molecular complexity index is 1200. The lowest BCUT2D eigenvalue weighted by Crippen LogP contribution is -2.03. The quantitative estimate of drug-likeness (QED) is 0.273. The van der Waals surface area contributed by atoms with Crippen LogP contribution >= 0.6 is 0 Å². The molecule has 4 heteroatoms. The first-order valence-corrected chi connectivity index (χ1v) is 11.2. The fraction of sp³-hybridized carbons (Fsp3) is 0.250. The summed E-state index contributed by atoms with van der Waals surface area (Å²) in [4.78, 5) is 4.43. The van der Waals surface area contributed by atoms with Crippen molar-refractivity contribution >= 4 is 0 Å². The van der Waals surface area contributed by atoms with E-state index in [1.54, 1.807) is 6.20 Å². The van der Waals surface area contributed by atoms with Gasteiger partial charge in [-0.3, -0.25) is 4.57 Å². The van der Waals surface area contributed by atoms with Crippen molar-refractivity contribution < 1.29 is 8.78 Å². The van der Waals surface area contributed by atoms with E-state index in [2.05, 4.69) is 11.9 Å². The van der Waals surface area contributed by atoms with E-state index in [1.807, 2.05) is 67.1 Å². The third-order valence-corrected chi connectivity index (χ3v) is 5.96. The zero-order valence-electron chi connectivity index (χ0n) is 18.8. The highest BCUT2D eigenvalue weighted by atomic mass is 19.1. The molecule has 0 aliphatic rings. The number of para-hydroxylation sites is 1. The number of nitrogens with zero attached hydrogens (tertiary/aromatic N) is 2. The van der Waals surface area contributed by atoms with Crippen molar-refractivity contribution in [2.45, 2.75) is 46.5 Å². The zero-order valence-corrected chi connectivity index (χ0v) is 18.8. The predicted molar refractivity (Wildman–Crippen MR) is 127 cm³/mol. The summed E-state index contributed by atoms with van der Waals surface area (Å²) >= 11 is 0. The summed E-state index contributed by atoms with van der Waals surface area (Å²) in [5.74, 6) is -0.713. The Hall–Kier alpha value is -3.27. The maximum absolute atomic E-state index is 15.7. The number of aryl methyl sites for hydroxylation is 3. The lowest BCUT2D eigenvalue weighted by Gasteiger charge is -2.15. The highest BCUT2D eigenvalue weighted by Crippen LogP contribution is 2.34. The molecule has 1 heterocycles. The molecular weight excluding hydrogens is 402 g/mol. The Morgan fingerprint density at radius 3 is 2.28 bits per heavy atom. The second-order valence-electron chi connectivity index (χ2n) is 8.30. The Morgan fingerprint density at radius 2 is 1.59 bits per heavy atom. The van der Waals surface area contributed by atoms with Gasteiger partial charge in [-0.1, -0.05) is 62.2 Å². The van der Waals surface area contributed by atoms with E-state index in [0.717, 1.165) is 29.7 Å². The molecular formula is C28H28F2N2. The number of imidazole rings is 1. The van der Waals surface area contributed by atoms with Crippen LogP contribution in [-0.4, -0.2) is 9.55 Å². The van der Waals surface area contributed by atoms with E-state index in [9.17, 15) is 4.39 Å². The highest BCUT2D eigenvalue weighted by molar-refractivity contribution is 5.73. The molecule has 4 aromatic rings. The minimum absolute atomic E-state index is 0.0151. The Labute approximate surface area is 188 Å². The molecule has 0 aliphatic carbocycles. The topological polar surface area (TPSA) is 17.8 Å². The molecule has 3 aromatic carbocycles. The van der Waals surface area contributed by atoms with Crippen LogP contribution in [0, 0.1) is 25.5 Å². The molecule has 0 unspecified atom stereocenters. The molecule has 0 atom stereocenters. The zero-order chi connectivity index (χ0) is 22.7. The van der Waals surface area contributed by atoms with Crippen molar-refractivity contribution in [2.75, 3.05) is 0 Å². The maximum Gasteiger partial charge on any atom is 0.147 e. The van der Waals surface area contributed by atoms with Gasteiger partial charge in [-0.25, -0.2) is 13.8 Å². The number of hydrogen-bond donors (Lipinski definition) is 0. The van der Waals surface area contributed by atoms with Crippen LogP contribution in [0.4, 0.5) is 8.78 Å². The summed E-state index contributed by atoms with van der Waals surface area (Å²) in [6.45, 7) is 6.20. The van der Waals surface area contributed by atoms with Crippen LogP contribution in [0.1, 0.15) is 42.9 Å². The van der Waals surface area contributed by atoms with E-state index < -0.39 is 11.6 Å². The standard InChI is InChI=1S/C28H28F2N2/c1-4-5-6-10-21-11-13-22(14-12-21)25-24(29)16-15-23(26(25)30)28-31-17-18-32(28)27-19(2)8-7-9-20(27)3/h7-9,11-18H,4-6,10H2,1-3H3. The summed E-state index contributed by atoms with van der Waals surface area (Å²) in [5.41, 5.74) is 5.06. The molecule has 0 bridgehead atoms. The van der Waals surface area contributed by atoms with Crippen LogP contribution in [0.15, 0.2) is 67.0 Å². The van der Waals surface area contributed by atoms with Gasteiger partial charge in [0.2, 0.25) is 0 Å². The van der Waals surface area contributed by atoms with Crippen LogP contribution in [0.5, 0.6) is 0 Å². The molecule has 0 saturated carbocycles. The molecule has 4 rings (SSSR count). The summed E-state index contributed by atoms with van der Waals surface area (Å²) in [6, 6.07) is 16.4. The van der Waals surface area contributed by atoms with Gasteiger partial charge in [0.15, 0.2) is 0 Å². The molecule has 1 aromatic heterocycles. The van der Waals surface area contributed by atoms with Gasteiger partial charge in [0, 0.05) is 12.4 Å². The van der Waals surface area contributed by atoms with Gasteiger partial charge in [0.1, 0.15) is 17.5 Å². The number of halogens is 2. The lowest BCUT2D eigenvalue weighted by atomic mass is 9.98. The SMILES string of the molecule is CCCCCc1ccc(-c2c(F)ccc(-c3nccn3-c3c(C)cccc3C)c2F)cc1. The molecule has 0 radical (unpaired) electrons. The number of aromatic nitrogens is 2. The Balaban J connectivity index is 1.76. The predicted octanol–water partition coefficient (Wildman–Crippen LogP) is 7.83. The average molecular weight is 431 g/mol. The maximum atomic E-state index is 15.7. The monoisotopic (exact) mass is 430 g/mol. The third-order valence-electron chi connectivity index (χ3n) is 5.96. The number of unbranched alkanes of at least 4 members (excludes halogenated alkanes) is 2. The second-order valence-corrected chi connectivity index (χ2v) is 8.30. The van der Waals surface area contributed by atoms with E-state index in [-0.39, 0.29) is 11.1 Å². The summed E-state index contributed by atoms with van der Waals surface area (Å²) in [5, 5.41) is 0. The van der Waals surface area contributed by atoms with Gasteiger partial charge in [-0.05, 0) is 61.1 Å². The fourth-order valence-electron chi connectivity index (χ4n) is 4.28. The van der Waals surface area contributed by atoms with E-state index in [4.69, 9.17) is 0 Å². The van der Waals surface area contributed by atoms with Gasteiger partial charge in [-0.15, -0.1) is 0 Å². The number of rotatable bonds is 7. The van der Waals surface area contributed by atoms with Gasteiger partial charge >= 0.3 is 0 Å². The van der Waals surface area contributed by atoms with Crippen LogP contribution in [-0.2, 0) is 6.42 Å². The van der Waals surface area contributed by atoms with Crippen LogP contribution in [0.3, 0.4) is 0 Å². The smallest absolute Gasteiger partial charge is 0.147 e. The van der Waals surface area contributed by atoms with Crippen molar-refractivity contribution in [3.05, 3.63) is 95.3 Å². The van der Waals surface area contributed by atoms with E-state index in [0.29, 0.717) is 11.4 Å². The Kier molecular flexibility index (Phi) is 6.50. The van der Waals surface area contributed by atoms with Crippen LogP contribution < -0.4 is 0 Å². The second kappa shape index (κ2) is 9.47. The molecule has 0 N–H and O–H groups in total.